The molecule has 3 rings (SSSR count). The number of ether oxygens (including phenoxy) is 1. The molecule has 0 saturated carbocycles. The maximum absolute atomic E-state index is 11.6. The first-order valence-electron chi connectivity index (χ1n) is 10.3. The van der Waals surface area contributed by atoms with Gasteiger partial charge in [-0.15, -0.1) is 0 Å². The number of aryl methyl sites for hydroxylation is 2. The number of hydrogen-bond donors (Lipinski definition) is 2. The molecule has 1 aliphatic rings. The molecule has 2 N–H and O–H groups in total. The minimum Gasteiger partial charge on any atom is -0.475 e. The molecule has 1 amide bonds. The minimum atomic E-state index is -5.08. The summed E-state index contributed by atoms with van der Waals surface area (Å²) in [5.41, 5.74) is 3.48. The van der Waals surface area contributed by atoms with Gasteiger partial charge in [0.05, 0.1) is 17.1 Å². The normalized spacial score (nSPS) is 16.4. The zero-order valence-electron chi connectivity index (χ0n) is 18.8. The Kier molecular flexibility index (Phi) is 9.41. The lowest BCUT2D eigenvalue weighted by Gasteiger charge is -2.24. The minimum absolute atomic E-state index is 0.0666. The van der Waals surface area contributed by atoms with Gasteiger partial charge >= 0.3 is 12.1 Å². The summed E-state index contributed by atoms with van der Waals surface area (Å²) in [5.74, 6) is -2.40. The Bertz CT molecular complexity index is 927. The first-order chi connectivity index (χ1) is 15.5. The van der Waals surface area contributed by atoms with E-state index in [1.165, 1.54) is 18.5 Å². The highest BCUT2D eigenvalue weighted by atomic mass is 19.4. The number of fused-ring (bicyclic) bond motifs is 1. The number of methoxy groups -OCH3 is 1. The lowest BCUT2D eigenvalue weighted by Crippen LogP contribution is -2.33. The molecule has 0 radical (unpaired) electrons. The van der Waals surface area contributed by atoms with Crippen molar-refractivity contribution in [3.8, 4) is 0 Å². The molecule has 0 aromatic carbocycles. The van der Waals surface area contributed by atoms with Crippen LogP contribution in [0.15, 0.2) is 18.3 Å². The van der Waals surface area contributed by atoms with E-state index in [1.54, 1.807) is 0 Å². The van der Waals surface area contributed by atoms with Crippen molar-refractivity contribution in [2.75, 3.05) is 26.8 Å². The van der Waals surface area contributed by atoms with Gasteiger partial charge in [0.25, 0.3) is 0 Å². The lowest BCUT2D eigenvalue weighted by atomic mass is 10.1. The molecule has 3 heterocycles. The second-order valence-corrected chi connectivity index (χ2v) is 7.82. The van der Waals surface area contributed by atoms with Crippen LogP contribution in [0, 0.1) is 12.8 Å². The van der Waals surface area contributed by atoms with Gasteiger partial charge in [-0.3, -0.25) is 19.1 Å². The Morgan fingerprint density at radius 3 is 2.61 bits per heavy atom. The molecule has 0 fully saturated rings. The van der Waals surface area contributed by atoms with Crippen LogP contribution in [-0.4, -0.2) is 74.4 Å². The number of alkyl halides is 3. The van der Waals surface area contributed by atoms with Gasteiger partial charge in [-0.25, -0.2) is 4.79 Å². The van der Waals surface area contributed by atoms with Crippen LogP contribution >= 0.6 is 0 Å². The van der Waals surface area contributed by atoms with Crippen LogP contribution in [0.5, 0.6) is 0 Å². The van der Waals surface area contributed by atoms with Gasteiger partial charge in [0.2, 0.25) is 5.91 Å². The average molecular weight is 474 g/mol. The van der Waals surface area contributed by atoms with Gasteiger partial charge in [-0.1, -0.05) is 0 Å². The third-order valence-electron chi connectivity index (χ3n) is 5.01. The molecular formula is C20H29F3N6O4. The molecule has 0 spiro atoms. The SMILES string of the molecule is COCC(=O)NCCC1CN(Cc2cc(C)nn2C)Cc2ccnn2C1.O=C(O)C(F)(F)F. The quantitative estimate of drug-likeness (QED) is 0.623. The highest BCUT2D eigenvalue weighted by molar-refractivity contribution is 5.77. The van der Waals surface area contributed by atoms with Crippen molar-refractivity contribution in [1.29, 1.82) is 0 Å². The van der Waals surface area contributed by atoms with Crippen molar-refractivity contribution in [1.82, 2.24) is 29.8 Å². The molecule has 184 valence electrons. The van der Waals surface area contributed by atoms with Crippen LogP contribution in [0.3, 0.4) is 0 Å². The number of carbonyl (C=O) groups is 2. The highest BCUT2D eigenvalue weighted by Crippen LogP contribution is 2.20. The lowest BCUT2D eigenvalue weighted by molar-refractivity contribution is -0.192. The Hall–Kier alpha value is -2.93. The summed E-state index contributed by atoms with van der Waals surface area (Å²) in [6, 6.07) is 4.23. The van der Waals surface area contributed by atoms with Crippen LogP contribution in [0.1, 0.15) is 23.5 Å². The third kappa shape index (κ3) is 8.50. The zero-order chi connectivity index (χ0) is 24.6. The molecule has 0 saturated heterocycles. The van der Waals surface area contributed by atoms with Crippen LogP contribution in [-0.2, 0) is 41.0 Å². The van der Waals surface area contributed by atoms with E-state index in [2.05, 4.69) is 37.2 Å². The average Bonchev–Trinajstić information content (AvgIpc) is 3.22. The summed E-state index contributed by atoms with van der Waals surface area (Å²) in [4.78, 5) is 22.9. The van der Waals surface area contributed by atoms with Gasteiger partial charge in [-0.05, 0) is 31.4 Å². The summed E-state index contributed by atoms with van der Waals surface area (Å²) in [5, 5.41) is 19.0. The van der Waals surface area contributed by atoms with Crippen molar-refractivity contribution < 1.29 is 32.6 Å². The van der Waals surface area contributed by atoms with E-state index in [0.29, 0.717) is 12.5 Å². The molecule has 0 aliphatic carbocycles. The number of carboxylic acids is 1. The molecule has 1 atom stereocenters. The van der Waals surface area contributed by atoms with E-state index in [9.17, 15) is 18.0 Å². The van der Waals surface area contributed by atoms with Gasteiger partial charge < -0.3 is 15.2 Å². The molecule has 13 heteroatoms. The first kappa shape index (κ1) is 26.3. The summed E-state index contributed by atoms with van der Waals surface area (Å²) < 4.78 is 40.6. The van der Waals surface area contributed by atoms with Gasteiger partial charge in [0.15, 0.2) is 0 Å². The van der Waals surface area contributed by atoms with Crippen molar-refractivity contribution in [2.45, 2.75) is 39.2 Å². The highest BCUT2D eigenvalue weighted by Gasteiger charge is 2.38. The monoisotopic (exact) mass is 474 g/mol. The fourth-order valence-corrected chi connectivity index (χ4v) is 3.56. The molecule has 33 heavy (non-hydrogen) atoms. The number of carboxylic acid groups (broad SMARTS) is 1. The van der Waals surface area contributed by atoms with Crippen molar-refractivity contribution in [3.63, 3.8) is 0 Å². The predicted molar refractivity (Wildman–Crippen MR) is 111 cm³/mol. The fraction of sp³-hybridized carbons (Fsp3) is 0.600. The molecular weight excluding hydrogens is 445 g/mol. The summed E-state index contributed by atoms with van der Waals surface area (Å²) in [6.45, 7) is 6.36. The van der Waals surface area contributed by atoms with Crippen LogP contribution in [0.4, 0.5) is 13.2 Å². The zero-order valence-corrected chi connectivity index (χ0v) is 18.8. The summed E-state index contributed by atoms with van der Waals surface area (Å²) in [7, 11) is 3.52. The van der Waals surface area contributed by atoms with E-state index in [1.807, 2.05) is 24.9 Å². The number of aliphatic carboxylic acids is 1. The second-order valence-electron chi connectivity index (χ2n) is 7.82. The smallest absolute Gasteiger partial charge is 0.475 e. The Labute approximate surface area is 189 Å². The second kappa shape index (κ2) is 11.8. The van der Waals surface area contributed by atoms with E-state index in [4.69, 9.17) is 14.6 Å². The summed E-state index contributed by atoms with van der Waals surface area (Å²) in [6.07, 6.45) is -2.31. The first-order valence-corrected chi connectivity index (χ1v) is 10.3. The van der Waals surface area contributed by atoms with E-state index >= 15 is 0 Å². The number of carbonyl (C=O) groups excluding carboxylic acids is 1. The predicted octanol–water partition coefficient (Wildman–Crippen LogP) is 1.34. The number of rotatable bonds is 7. The molecule has 1 aliphatic heterocycles. The maximum Gasteiger partial charge on any atom is 0.490 e. The number of aromatic nitrogens is 4. The standard InChI is InChI=1S/C18H28N6O2.C2HF3O2/c1-14-8-17(22(2)21-14)12-23-9-15(4-6-19-18(25)13-26-3)10-24-16(11-23)5-7-20-24;3-2(4,5)1(6)7/h5,7-8,15H,4,6,9-13H2,1-3H3,(H,19,25);(H,6,7). The summed E-state index contributed by atoms with van der Waals surface area (Å²) >= 11 is 0. The van der Waals surface area contributed by atoms with Gasteiger partial charge in [-0.2, -0.15) is 23.4 Å². The number of nitrogens with one attached hydrogen (secondary N) is 1. The number of halogens is 3. The Morgan fingerprint density at radius 2 is 2.03 bits per heavy atom. The molecule has 0 bridgehead atoms. The van der Waals surface area contributed by atoms with Crippen molar-refractivity contribution in [3.05, 3.63) is 35.4 Å². The molecule has 10 nitrogen and oxygen atoms in total. The molecule has 1 unspecified atom stereocenters. The number of hydrogen-bond acceptors (Lipinski definition) is 6. The van der Waals surface area contributed by atoms with Crippen LogP contribution in [0.25, 0.3) is 0 Å². The topological polar surface area (TPSA) is 115 Å². The van der Waals surface area contributed by atoms with Gasteiger partial charge in [0.1, 0.15) is 6.61 Å². The molecule has 2 aromatic rings. The van der Waals surface area contributed by atoms with E-state index in [0.717, 1.165) is 38.3 Å². The number of amides is 1. The van der Waals surface area contributed by atoms with Crippen molar-refractivity contribution in [2.24, 2.45) is 13.0 Å². The van der Waals surface area contributed by atoms with Crippen LogP contribution < -0.4 is 5.32 Å². The Morgan fingerprint density at radius 1 is 1.33 bits per heavy atom. The van der Waals surface area contributed by atoms with Gasteiger partial charge in [0, 0.05) is 53.1 Å². The Balaban J connectivity index is 0.000000479. The fourth-order valence-electron chi connectivity index (χ4n) is 3.56. The van der Waals surface area contributed by atoms with E-state index < -0.39 is 12.1 Å². The number of nitrogens with zero attached hydrogens (tertiary/aromatic N) is 5. The van der Waals surface area contributed by atoms with E-state index in [-0.39, 0.29) is 12.5 Å². The third-order valence-corrected chi connectivity index (χ3v) is 5.01. The maximum atomic E-state index is 11.6. The van der Waals surface area contributed by atoms with Crippen molar-refractivity contribution >= 4 is 11.9 Å². The largest absolute Gasteiger partial charge is 0.490 e. The molecule has 2 aromatic heterocycles. The van der Waals surface area contributed by atoms with Crippen LogP contribution in [0.2, 0.25) is 0 Å².